The molecule has 3 rings (SSSR count). The third kappa shape index (κ3) is 3.32. The Morgan fingerprint density at radius 2 is 2.00 bits per heavy atom. The zero-order valence-corrected chi connectivity index (χ0v) is 12.5. The Morgan fingerprint density at radius 1 is 1.14 bits per heavy atom. The SMILES string of the molecule is CN(CCCNc1ncnc2c1CCC2)c1ccccc1. The van der Waals surface area contributed by atoms with E-state index in [1.54, 1.807) is 6.33 Å². The Hall–Kier alpha value is -2.10. The lowest BCUT2D eigenvalue weighted by atomic mass is 10.2. The number of aryl methyl sites for hydroxylation is 1. The highest BCUT2D eigenvalue weighted by Crippen LogP contribution is 2.24. The zero-order valence-electron chi connectivity index (χ0n) is 12.5. The molecule has 1 heterocycles. The number of hydrogen-bond donors (Lipinski definition) is 1. The van der Waals surface area contributed by atoms with Crippen LogP contribution < -0.4 is 10.2 Å². The summed E-state index contributed by atoms with van der Waals surface area (Å²) < 4.78 is 0. The van der Waals surface area contributed by atoms with Crippen LogP contribution in [0.4, 0.5) is 11.5 Å². The molecule has 21 heavy (non-hydrogen) atoms. The van der Waals surface area contributed by atoms with Gasteiger partial charge in [-0.15, -0.1) is 0 Å². The van der Waals surface area contributed by atoms with Crippen LogP contribution in [0.3, 0.4) is 0 Å². The molecule has 4 heteroatoms. The summed E-state index contributed by atoms with van der Waals surface area (Å²) in [7, 11) is 2.14. The second-order valence-electron chi connectivity index (χ2n) is 5.54. The number of benzene rings is 1. The minimum Gasteiger partial charge on any atom is -0.375 e. The van der Waals surface area contributed by atoms with E-state index >= 15 is 0 Å². The monoisotopic (exact) mass is 282 g/mol. The van der Waals surface area contributed by atoms with Crippen LogP contribution in [0.15, 0.2) is 36.7 Å². The van der Waals surface area contributed by atoms with E-state index in [4.69, 9.17) is 0 Å². The van der Waals surface area contributed by atoms with Crippen molar-refractivity contribution >= 4 is 11.5 Å². The molecular formula is C17H22N4. The predicted octanol–water partition coefficient (Wildman–Crippen LogP) is 2.90. The Morgan fingerprint density at radius 3 is 2.86 bits per heavy atom. The number of fused-ring (bicyclic) bond motifs is 1. The van der Waals surface area contributed by atoms with Gasteiger partial charge < -0.3 is 10.2 Å². The molecule has 0 atom stereocenters. The highest BCUT2D eigenvalue weighted by Gasteiger charge is 2.16. The molecule has 1 N–H and O–H groups in total. The molecule has 4 nitrogen and oxygen atoms in total. The molecule has 0 spiro atoms. The first kappa shape index (κ1) is 13.9. The number of nitrogens with zero attached hydrogens (tertiary/aromatic N) is 3. The van der Waals surface area contributed by atoms with E-state index in [2.05, 4.69) is 57.6 Å². The van der Waals surface area contributed by atoms with Gasteiger partial charge in [-0.25, -0.2) is 9.97 Å². The lowest BCUT2D eigenvalue weighted by molar-refractivity contribution is 0.812. The molecule has 0 aliphatic heterocycles. The Labute approximate surface area is 126 Å². The van der Waals surface area contributed by atoms with Gasteiger partial charge >= 0.3 is 0 Å². The average Bonchev–Trinajstić information content (AvgIpc) is 3.01. The van der Waals surface area contributed by atoms with Gasteiger partial charge in [0.25, 0.3) is 0 Å². The summed E-state index contributed by atoms with van der Waals surface area (Å²) in [4.78, 5) is 11.0. The Balaban J connectivity index is 1.48. The molecule has 0 fully saturated rings. The van der Waals surface area contributed by atoms with Gasteiger partial charge in [-0.1, -0.05) is 18.2 Å². The van der Waals surface area contributed by atoms with E-state index in [1.165, 1.54) is 23.4 Å². The second-order valence-corrected chi connectivity index (χ2v) is 5.54. The van der Waals surface area contributed by atoms with Gasteiger partial charge in [0.15, 0.2) is 0 Å². The maximum atomic E-state index is 4.39. The molecule has 0 unspecified atom stereocenters. The van der Waals surface area contributed by atoms with Crippen LogP contribution in [0, 0.1) is 0 Å². The summed E-state index contributed by atoms with van der Waals surface area (Å²) in [6.45, 7) is 1.98. The fourth-order valence-corrected chi connectivity index (χ4v) is 2.85. The number of nitrogens with one attached hydrogen (secondary N) is 1. The summed E-state index contributed by atoms with van der Waals surface area (Å²) in [6, 6.07) is 10.5. The minimum absolute atomic E-state index is 0.945. The van der Waals surface area contributed by atoms with Gasteiger partial charge in [-0.2, -0.15) is 0 Å². The molecule has 1 aliphatic rings. The molecule has 1 aromatic heterocycles. The van der Waals surface area contributed by atoms with Crippen molar-refractivity contribution in [3.05, 3.63) is 47.9 Å². The average molecular weight is 282 g/mol. The summed E-state index contributed by atoms with van der Waals surface area (Å²) in [5.74, 6) is 1.04. The summed E-state index contributed by atoms with van der Waals surface area (Å²) in [6.07, 6.45) is 6.19. The van der Waals surface area contributed by atoms with Crippen LogP contribution in [-0.4, -0.2) is 30.1 Å². The fraction of sp³-hybridized carbons (Fsp3) is 0.412. The number of rotatable bonds is 6. The van der Waals surface area contributed by atoms with Crippen molar-refractivity contribution in [2.24, 2.45) is 0 Å². The van der Waals surface area contributed by atoms with Crippen LogP contribution >= 0.6 is 0 Å². The second kappa shape index (κ2) is 6.57. The minimum atomic E-state index is 0.945. The van der Waals surface area contributed by atoms with E-state index in [1.807, 2.05) is 0 Å². The Bertz CT molecular complexity index is 583. The lowest BCUT2D eigenvalue weighted by Gasteiger charge is -2.19. The van der Waals surface area contributed by atoms with Crippen molar-refractivity contribution in [1.29, 1.82) is 0 Å². The van der Waals surface area contributed by atoms with E-state index in [-0.39, 0.29) is 0 Å². The number of hydrogen-bond acceptors (Lipinski definition) is 4. The van der Waals surface area contributed by atoms with Crippen LogP contribution in [0.5, 0.6) is 0 Å². The number of anilines is 2. The highest BCUT2D eigenvalue weighted by atomic mass is 15.1. The van der Waals surface area contributed by atoms with Gasteiger partial charge in [0, 0.05) is 37.1 Å². The summed E-state index contributed by atoms with van der Waals surface area (Å²) in [5, 5.41) is 3.47. The van der Waals surface area contributed by atoms with E-state index < -0.39 is 0 Å². The predicted molar refractivity (Wildman–Crippen MR) is 86.9 cm³/mol. The van der Waals surface area contributed by atoms with E-state index in [0.29, 0.717) is 0 Å². The molecule has 2 aromatic rings. The lowest BCUT2D eigenvalue weighted by Crippen LogP contribution is -2.21. The third-order valence-electron chi connectivity index (χ3n) is 4.03. The van der Waals surface area contributed by atoms with Crippen LogP contribution in [0.1, 0.15) is 24.1 Å². The quantitative estimate of drug-likeness (QED) is 0.827. The van der Waals surface area contributed by atoms with Crippen LogP contribution in [-0.2, 0) is 12.8 Å². The van der Waals surface area contributed by atoms with Crippen molar-refractivity contribution in [2.45, 2.75) is 25.7 Å². The van der Waals surface area contributed by atoms with Gasteiger partial charge in [-0.3, -0.25) is 0 Å². The smallest absolute Gasteiger partial charge is 0.132 e. The van der Waals surface area contributed by atoms with Crippen molar-refractivity contribution < 1.29 is 0 Å². The summed E-state index contributed by atoms with van der Waals surface area (Å²) in [5.41, 5.74) is 3.82. The Kier molecular flexibility index (Phi) is 4.34. The normalized spacial score (nSPS) is 13.0. The molecule has 0 saturated heterocycles. The standard InChI is InChI=1S/C17H22N4/c1-21(14-7-3-2-4-8-14)12-6-11-18-17-15-9-5-10-16(15)19-13-20-17/h2-4,7-8,13H,5-6,9-12H2,1H3,(H,18,19,20). The summed E-state index contributed by atoms with van der Waals surface area (Å²) >= 11 is 0. The van der Waals surface area contributed by atoms with Crippen molar-refractivity contribution in [1.82, 2.24) is 9.97 Å². The molecular weight excluding hydrogens is 260 g/mol. The molecule has 1 aromatic carbocycles. The van der Waals surface area contributed by atoms with Gasteiger partial charge in [0.1, 0.15) is 12.1 Å². The molecule has 0 radical (unpaired) electrons. The van der Waals surface area contributed by atoms with E-state index in [0.717, 1.165) is 38.2 Å². The maximum absolute atomic E-state index is 4.39. The first-order valence-corrected chi connectivity index (χ1v) is 7.67. The van der Waals surface area contributed by atoms with Gasteiger partial charge in [0.05, 0.1) is 0 Å². The first-order valence-electron chi connectivity index (χ1n) is 7.67. The highest BCUT2D eigenvalue weighted by molar-refractivity contribution is 5.48. The largest absolute Gasteiger partial charge is 0.375 e. The van der Waals surface area contributed by atoms with Gasteiger partial charge in [0.2, 0.25) is 0 Å². The first-order chi connectivity index (χ1) is 10.3. The maximum Gasteiger partial charge on any atom is 0.132 e. The topological polar surface area (TPSA) is 41.0 Å². The van der Waals surface area contributed by atoms with Gasteiger partial charge in [-0.05, 0) is 37.8 Å². The third-order valence-corrected chi connectivity index (χ3v) is 4.03. The van der Waals surface area contributed by atoms with Crippen molar-refractivity contribution in [3.8, 4) is 0 Å². The molecule has 110 valence electrons. The molecule has 0 bridgehead atoms. The fourth-order valence-electron chi connectivity index (χ4n) is 2.85. The van der Waals surface area contributed by atoms with Crippen LogP contribution in [0.2, 0.25) is 0 Å². The van der Waals surface area contributed by atoms with Crippen molar-refractivity contribution in [3.63, 3.8) is 0 Å². The molecule has 1 aliphatic carbocycles. The molecule has 0 saturated carbocycles. The zero-order chi connectivity index (χ0) is 14.5. The van der Waals surface area contributed by atoms with E-state index in [9.17, 15) is 0 Å². The van der Waals surface area contributed by atoms with Crippen LogP contribution in [0.25, 0.3) is 0 Å². The number of aromatic nitrogens is 2. The molecule has 0 amide bonds. The number of para-hydroxylation sites is 1. The van der Waals surface area contributed by atoms with Crippen molar-refractivity contribution in [2.75, 3.05) is 30.4 Å².